The zero-order valence-corrected chi connectivity index (χ0v) is 13.9. The van der Waals surface area contributed by atoms with Crippen molar-refractivity contribution in [3.8, 4) is 16.9 Å². The van der Waals surface area contributed by atoms with Crippen LogP contribution in [0.2, 0.25) is 0 Å². The highest BCUT2D eigenvalue weighted by Crippen LogP contribution is 2.38. The Bertz CT molecular complexity index is 894. The van der Waals surface area contributed by atoms with Gasteiger partial charge in [-0.15, -0.1) is 0 Å². The summed E-state index contributed by atoms with van der Waals surface area (Å²) in [5.41, 5.74) is 3.79. The van der Waals surface area contributed by atoms with Crippen molar-refractivity contribution in [1.82, 2.24) is 4.98 Å². The van der Waals surface area contributed by atoms with Gasteiger partial charge in [0.2, 0.25) is 0 Å². The maximum atomic E-state index is 12.7. The normalized spacial score (nSPS) is 16.3. The predicted octanol–water partition coefficient (Wildman–Crippen LogP) is 4.06. The highest BCUT2D eigenvalue weighted by atomic mass is 16.5. The summed E-state index contributed by atoms with van der Waals surface area (Å²) in [5, 5.41) is 0. The summed E-state index contributed by atoms with van der Waals surface area (Å²) >= 11 is 0. The average Bonchev–Trinajstić information content (AvgIpc) is 2.67. The molecule has 1 unspecified atom stereocenters. The number of nitrogens with zero attached hydrogens (tertiary/aromatic N) is 2. The smallest absolute Gasteiger partial charge is 0.268 e. The van der Waals surface area contributed by atoms with E-state index in [0.717, 1.165) is 28.3 Å². The van der Waals surface area contributed by atoms with Crippen LogP contribution in [0.3, 0.4) is 0 Å². The molecule has 0 spiro atoms. The van der Waals surface area contributed by atoms with E-state index < -0.39 is 6.10 Å². The Morgan fingerprint density at radius 2 is 1.80 bits per heavy atom. The van der Waals surface area contributed by atoms with E-state index in [1.807, 2.05) is 54.6 Å². The highest BCUT2D eigenvalue weighted by Gasteiger charge is 2.32. The molecule has 4 heteroatoms. The summed E-state index contributed by atoms with van der Waals surface area (Å²) in [7, 11) is 0. The molecule has 0 saturated heterocycles. The number of benzene rings is 2. The first-order valence-corrected chi connectivity index (χ1v) is 8.30. The molecule has 1 aliphatic rings. The number of anilines is 1. The molecule has 0 aliphatic carbocycles. The highest BCUT2D eigenvalue weighted by molar-refractivity contribution is 6.00. The minimum Gasteiger partial charge on any atom is -0.479 e. The molecule has 124 valence electrons. The second-order valence-electron chi connectivity index (χ2n) is 6.05. The van der Waals surface area contributed by atoms with Crippen LogP contribution in [-0.4, -0.2) is 17.0 Å². The second kappa shape index (κ2) is 6.40. The fourth-order valence-electron chi connectivity index (χ4n) is 3.03. The van der Waals surface area contributed by atoms with Crippen LogP contribution >= 0.6 is 0 Å². The van der Waals surface area contributed by atoms with E-state index in [4.69, 9.17) is 4.74 Å². The first-order valence-electron chi connectivity index (χ1n) is 8.30. The van der Waals surface area contributed by atoms with Crippen molar-refractivity contribution in [2.75, 3.05) is 4.90 Å². The SMILES string of the molecule is CC1Oc2ccc(-c3ccccc3)cc2N(Cc2ccccn2)C1=O. The van der Waals surface area contributed by atoms with Crippen molar-refractivity contribution in [3.05, 3.63) is 78.6 Å². The van der Waals surface area contributed by atoms with Crippen LogP contribution in [0.25, 0.3) is 11.1 Å². The van der Waals surface area contributed by atoms with Gasteiger partial charge in [0.25, 0.3) is 5.91 Å². The van der Waals surface area contributed by atoms with Crippen LogP contribution in [0.15, 0.2) is 72.9 Å². The summed E-state index contributed by atoms with van der Waals surface area (Å²) in [6.45, 7) is 2.21. The number of carbonyl (C=O) groups excluding carboxylic acids is 1. The van der Waals surface area contributed by atoms with Gasteiger partial charge in [-0.3, -0.25) is 14.7 Å². The second-order valence-corrected chi connectivity index (χ2v) is 6.05. The standard InChI is InChI=1S/C21H18N2O2/c1-15-21(24)23(14-18-9-5-6-12-22-18)19-13-17(10-11-20(19)25-15)16-7-3-2-4-8-16/h2-13,15H,14H2,1H3. The Labute approximate surface area is 146 Å². The van der Waals surface area contributed by atoms with Gasteiger partial charge in [0.05, 0.1) is 17.9 Å². The van der Waals surface area contributed by atoms with Crippen LogP contribution in [0.4, 0.5) is 5.69 Å². The lowest BCUT2D eigenvalue weighted by Crippen LogP contribution is -2.44. The Morgan fingerprint density at radius 1 is 1.00 bits per heavy atom. The van der Waals surface area contributed by atoms with Crippen LogP contribution in [-0.2, 0) is 11.3 Å². The van der Waals surface area contributed by atoms with Gasteiger partial charge >= 0.3 is 0 Å². The van der Waals surface area contributed by atoms with Crippen molar-refractivity contribution < 1.29 is 9.53 Å². The Balaban J connectivity index is 1.76. The van der Waals surface area contributed by atoms with Crippen molar-refractivity contribution in [1.29, 1.82) is 0 Å². The van der Waals surface area contributed by atoms with Crippen LogP contribution in [0.1, 0.15) is 12.6 Å². The van der Waals surface area contributed by atoms with E-state index in [1.165, 1.54) is 0 Å². The Morgan fingerprint density at radius 3 is 2.56 bits per heavy atom. The molecular weight excluding hydrogens is 312 g/mol. The van der Waals surface area contributed by atoms with Gasteiger partial charge in [0, 0.05) is 6.20 Å². The number of amides is 1. The molecule has 4 rings (SSSR count). The molecule has 1 aliphatic heterocycles. The Hall–Kier alpha value is -3.14. The van der Waals surface area contributed by atoms with E-state index in [0.29, 0.717) is 6.54 Å². The number of hydrogen-bond acceptors (Lipinski definition) is 3. The third-order valence-electron chi connectivity index (χ3n) is 4.32. The minimum absolute atomic E-state index is 0.0524. The first-order chi connectivity index (χ1) is 12.2. The number of ether oxygens (including phenoxy) is 1. The molecule has 2 aromatic carbocycles. The van der Waals surface area contributed by atoms with Crippen molar-refractivity contribution in [2.24, 2.45) is 0 Å². The molecule has 0 bridgehead atoms. The molecule has 1 atom stereocenters. The average molecular weight is 330 g/mol. The molecule has 4 nitrogen and oxygen atoms in total. The zero-order chi connectivity index (χ0) is 17.2. The van der Waals surface area contributed by atoms with Crippen molar-refractivity contribution in [2.45, 2.75) is 19.6 Å². The molecule has 1 amide bonds. The monoisotopic (exact) mass is 330 g/mol. The van der Waals surface area contributed by atoms with Crippen LogP contribution < -0.4 is 9.64 Å². The number of fused-ring (bicyclic) bond motifs is 1. The maximum absolute atomic E-state index is 12.7. The van der Waals surface area contributed by atoms with Gasteiger partial charge in [0.15, 0.2) is 6.10 Å². The summed E-state index contributed by atoms with van der Waals surface area (Å²) in [6, 6.07) is 21.8. The predicted molar refractivity (Wildman–Crippen MR) is 97.4 cm³/mol. The molecule has 2 heterocycles. The van der Waals surface area contributed by atoms with Gasteiger partial charge in [-0.25, -0.2) is 0 Å². The molecule has 0 radical (unpaired) electrons. The zero-order valence-electron chi connectivity index (χ0n) is 13.9. The van der Waals surface area contributed by atoms with E-state index in [1.54, 1.807) is 18.0 Å². The van der Waals surface area contributed by atoms with Crippen LogP contribution in [0, 0.1) is 0 Å². The van der Waals surface area contributed by atoms with Crippen LogP contribution in [0.5, 0.6) is 5.75 Å². The first kappa shape index (κ1) is 15.4. The third kappa shape index (κ3) is 2.98. The summed E-state index contributed by atoms with van der Waals surface area (Å²) in [6.07, 6.45) is 1.24. The number of rotatable bonds is 3. The fourth-order valence-corrected chi connectivity index (χ4v) is 3.03. The lowest BCUT2D eigenvalue weighted by Gasteiger charge is -2.33. The maximum Gasteiger partial charge on any atom is 0.268 e. The minimum atomic E-state index is -0.501. The molecule has 0 saturated carbocycles. The van der Waals surface area contributed by atoms with E-state index in [2.05, 4.69) is 17.1 Å². The lowest BCUT2D eigenvalue weighted by molar-refractivity contribution is -0.125. The van der Waals surface area contributed by atoms with E-state index in [-0.39, 0.29) is 5.91 Å². The molecular formula is C21H18N2O2. The van der Waals surface area contributed by atoms with Gasteiger partial charge in [-0.05, 0) is 42.3 Å². The van der Waals surface area contributed by atoms with Gasteiger partial charge < -0.3 is 4.74 Å². The molecule has 0 fully saturated rings. The molecule has 1 aromatic heterocycles. The number of carbonyl (C=O) groups is 1. The fraction of sp³-hybridized carbons (Fsp3) is 0.143. The Kier molecular flexibility index (Phi) is 3.94. The van der Waals surface area contributed by atoms with Gasteiger partial charge in [-0.1, -0.05) is 42.5 Å². The number of aromatic nitrogens is 1. The van der Waals surface area contributed by atoms with E-state index in [9.17, 15) is 4.79 Å². The van der Waals surface area contributed by atoms with Gasteiger partial charge in [-0.2, -0.15) is 0 Å². The summed E-state index contributed by atoms with van der Waals surface area (Å²) < 4.78 is 5.79. The van der Waals surface area contributed by atoms with Crippen molar-refractivity contribution >= 4 is 11.6 Å². The summed E-state index contributed by atoms with van der Waals surface area (Å²) in [4.78, 5) is 18.8. The number of hydrogen-bond donors (Lipinski definition) is 0. The van der Waals surface area contributed by atoms with Crippen molar-refractivity contribution in [3.63, 3.8) is 0 Å². The number of pyridine rings is 1. The molecule has 25 heavy (non-hydrogen) atoms. The molecule has 3 aromatic rings. The summed E-state index contributed by atoms with van der Waals surface area (Å²) in [5.74, 6) is 0.672. The molecule has 0 N–H and O–H groups in total. The van der Waals surface area contributed by atoms with Gasteiger partial charge in [0.1, 0.15) is 5.75 Å². The topological polar surface area (TPSA) is 42.4 Å². The van der Waals surface area contributed by atoms with E-state index >= 15 is 0 Å². The lowest BCUT2D eigenvalue weighted by atomic mass is 10.0. The quantitative estimate of drug-likeness (QED) is 0.727. The third-order valence-corrected chi connectivity index (χ3v) is 4.32. The largest absolute Gasteiger partial charge is 0.479 e.